The molecule has 0 fully saturated rings. The van der Waals surface area contributed by atoms with E-state index in [1.54, 1.807) is 6.20 Å². The Balaban J connectivity index is 1.73. The van der Waals surface area contributed by atoms with E-state index in [1.165, 1.54) is 6.33 Å². The summed E-state index contributed by atoms with van der Waals surface area (Å²) in [6, 6.07) is 21.8. The van der Waals surface area contributed by atoms with Crippen LogP contribution in [0.25, 0.3) is 0 Å². The molecule has 0 radical (unpaired) electrons. The maximum Gasteiger partial charge on any atom is 0.248 e. The van der Waals surface area contributed by atoms with Gasteiger partial charge in [0.2, 0.25) is 5.88 Å². The lowest BCUT2D eigenvalue weighted by Gasteiger charge is -2.24. The molecule has 0 aliphatic carbocycles. The van der Waals surface area contributed by atoms with Gasteiger partial charge < -0.3 is 15.4 Å². The van der Waals surface area contributed by atoms with Crippen LogP contribution in [0, 0.1) is 13.8 Å². The SMILES string of the molecule is Cc1cc(C)cc(Oc2ncnc(N(Cc3ccccc3)c3ccccn3)c2N)c1. The van der Waals surface area contributed by atoms with Gasteiger partial charge in [-0.2, -0.15) is 4.98 Å². The number of benzene rings is 2. The number of pyridine rings is 1. The summed E-state index contributed by atoms with van der Waals surface area (Å²) in [5.74, 6) is 2.30. The smallest absolute Gasteiger partial charge is 0.248 e. The van der Waals surface area contributed by atoms with Gasteiger partial charge in [0.25, 0.3) is 0 Å². The van der Waals surface area contributed by atoms with Crippen LogP contribution in [0.15, 0.2) is 79.3 Å². The fourth-order valence-corrected chi connectivity index (χ4v) is 3.31. The van der Waals surface area contributed by atoms with Crippen molar-refractivity contribution >= 4 is 17.3 Å². The zero-order valence-corrected chi connectivity index (χ0v) is 17.0. The number of ether oxygens (including phenoxy) is 1. The van der Waals surface area contributed by atoms with E-state index in [9.17, 15) is 0 Å². The molecule has 0 aliphatic rings. The average molecular weight is 397 g/mol. The minimum atomic E-state index is 0.319. The van der Waals surface area contributed by atoms with Crippen molar-refractivity contribution in [2.24, 2.45) is 0 Å². The number of rotatable bonds is 6. The lowest BCUT2D eigenvalue weighted by molar-refractivity contribution is 0.463. The zero-order valence-electron chi connectivity index (χ0n) is 17.0. The number of hydrogen-bond acceptors (Lipinski definition) is 6. The Labute approximate surface area is 176 Å². The first kappa shape index (κ1) is 19.4. The van der Waals surface area contributed by atoms with Gasteiger partial charge in [-0.3, -0.25) is 0 Å². The van der Waals surface area contributed by atoms with Gasteiger partial charge >= 0.3 is 0 Å². The predicted molar refractivity (Wildman–Crippen MR) is 119 cm³/mol. The molecule has 2 aromatic heterocycles. The molecule has 0 saturated heterocycles. The molecule has 2 N–H and O–H groups in total. The second-order valence-corrected chi connectivity index (χ2v) is 7.10. The standard InChI is InChI=1S/C24H23N5O/c1-17-12-18(2)14-20(13-17)30-24-22(25)23(27-16-28-24)29(21-10-6-7-11-26-21)15-19-8-4-3-5-9-19/h3-14,16H,15,25H2,1-2H3. The minimum Gasteiger partial charge on any atom is -0.437 e. The van der Waals surface area contributed by atoms with Crippen molar-refractivity contribution in [3.63, 3.8) is 0 Å². The first-order valence-corrected chi connectivity index (χ1v) is 9.69. The summed E-state index contributed by atoms with van der Waals surface area (Å²) in [6.07, 6.45) is 3.21. The lowest BCUT2D eigenvalue weighted by atomic mass is 10.1. The van der Waals surface area contributed by atoms with Gasteiger partial charge in [0.15, 0.2) is 5.82 Å². The van der Waals surface area contributed by atoms with Crippen molar-refractivity contribution < 1.29 is 4.74 Å². The van der Waals surface area contributed by atoms with Crippen molar-refractivity contribution in [3.8, 4) is 11.6 Å². The summed E-state index contributed by atoms with van der Waals surface area (Å²) in [4.78, 5) is 15.2. The van der Waals surface area contributed by atoms with Crippen LogP contribution in [-0.2, 0) is 6.54 Å². The summed E-state index contributed by atoms with van der Waals surface area (Å²) in [5, 5.41) is 0. The van der Waals surface area contributed by atoms with Crippen LogP contribution in [0.1, 0.15) is 16.7 Å². The molecule has 4 rings (SSSR count). The van der Waals surface area contributed by atoms with Crippen molar-refractivity contribution in [2.75, 3.05) is 10.6 Å². The Hall–Kier alpha value is -3.93. The number of aromatic nitrogens is 3. The molecule has 4 aromatic rings. The summed E-state index contributed by atoms with van der Waals surface area (Å²) in [5.41, 5.74) is 10.2. The fourth-order valence-electron chi connectivity index (χ4n) is 3.31. The maximum atomic E-state index is 6.48. The van der Waals surface area contributed by atoms with Crippen molar-refractivity contribution in [1.82, 2.24) is 15.0 Å². The third-order valence-corrected chi connectivity index (χ3v) is 4.60. The number of nitrogens with two attached hydrogens (primary N) is 1. The quantitative estimate of drug-likeness (QED) is 0.482. The van der Waals surface area contributed by atoms with Gasteiger partial charge in [-0.1, -0.05) is 42.5 Å². The van der Waals surface area contributed by atoms with E-state index in [4.69, 9.17) is 10.5 Å². The fraction of sp³-hybridized carbons (Fsp3) is 0.125. The molecular formula is C24H23N5O. The summed E-state index contributed by atoms with van der Waals surface area (Å²) < 4.78 is 6.02. The van der Waals surface area contributed by atoms with Crippen LogP contribution in [0.3, 0.4) is 0 Å². The molecule has 0 unspecified atom stereocenters. The lowest BCUT2D eigenvalue weighted by Crippen LogP contribution is -2.20. The van der Waals surface area contributed by atoms with Gasteiger partial charge in [0.05, 0.1) is 6.54 Å². The second kappa shape index (κ2) is 8.61. The molecule has 0 bridgehead atoms. The molecule has 150 valence electrons. The van der Waals surface area contributed by atoms with Crippen LogP contribution in [0.5, 0.6) is 11.6 Å². The zero-order chi connectivity index (χ0) is 20.9. The number of hydrogen-bond donors (Lipinski definition) is 1. The molecule has 0 atom stereocenters. The summed E-state index contributed by atoms with van der Waals surface area (Å²) in [7, 11) is 0. The molecule has 6 nitrogen and oxygen atoms in total. The Morgan fingerprint density at radius 3 is 2.30 bits per heavy atom. The second-order valence-electron chi connectivity index (χ2n) is 7.10. The Kier molecular flexibility index (Phi) is 5.57. The molecular weight excluding hydrogens is 374 g/mol. The number of nitrogens with zero attached hydrogens (tertiary/aromatic N) is 4. The van der Waals surface area contributed by atoms with Crippen LogP contribution < -0.4 is 15.4 Å². The highest BCUT2D eigenvalue weighted by molar-refractivity contribution is 5.73. The van der Waals surface area contributed by atoms with Crippen LogP contribution in [-0.4, -0.2) is 15.0 Å². The third-order valence-electron chi connectivity index (χ3n) is 4.60. The number of anilines is 3. The van der Waals surface area contributed by atoms with E-state index < -0.39 is 0 Å². The Morgan fingerprint density at radius 2 is 1.60 bits per heavy atom. The third kappa shape index (κ3) is 4.38. The van der Waals surface area contributed by atoms with E-state index >= 15 is 0 Å². The summed E-state index contributed by atoms with van der Waals surface area (Å²) >= 11 is 0. The Bertz CT molecular complexity index is 1110. The van der Waals surface area contributed by atoms with E-state index in [2.05, 4.69) is 33.2 Å². The van der Waals surface area contributed by atoms with Crippen molar-refractivity contribution in [3.05, 3.63) is 95.9 Å². The molecule has 30 heavy (non-hydrogen) atoms. The van der Waals surface area contributed by atoms with E-state index in [0.29, 0.717) is 29.7 Å². The topological polar surface area (TPSA) is 77.2 Å². The predicted octanol–water partition coefficient (Wildman–Crippen LogP) is 5.20. The molecule has 2 aromatic carbocycles. The van der Waals surface area contributed by atoms with Gasteiger partial charge in [-0.25, -0.2) is 9.97 Å². The maximum absolute atomic E-state index is 6.48. The highest BCUT2D eigenvalue weighted by Gasteiger charge is 2.19. The summed E-state index contributed by atoms with van der Waals surface area (Å²) in [6.45, 7) is 4.61. The van der Waals surface area contributed by atoms with E-state index in [0.717, 1.165) is 22.5 Å². The van der Waals surface area contributed by atoms with Crippen LogP contribution >= 0.6 is 0 Å². The van der Waals surface area contributed by atoms with Gasteiger partial charge in [-0.15, -0.1) is 0 Å². The Morgan fingerprint density at radius 1 is 0.867 bits per heavy atom. The van der Waals surface area contributed by atoms with Crippen LogP contribution in [0.4, 0.5) is 17.3 Å². The van der Waals surface area contributed by atoms with Crippen molar-refractivity contribution in [2.45, 2.75) is 20.4 Å². The molecule has 0 saturated carbocycles. The van der Waals surface area contributed by atoms with E-state index in [-0.39, 0.29) is 0 Å². The van der Waals surface area contributed by atoms with Gasteiger partial charge in [0.1, 0.15) is 23.6 Å². The molecule has 0 amide bonds. The first-order chi connectivity index (χ1) is 14.6. The highest BCUT2D eigenvalue weighted by atomic mass is 16.5. The van der Waals surface area contributed by atoms with Gasteiger partial charge in [0, 0.05) is 6.20 Å². The first-order valence-electron chi connectivity index (χ1n) is 9.69. The monoisotopic (exact) mass is 397 g/mol. The van der Waals surface area contributed by atoms with Crippen molar-refractivity contribution in [1.29, 1.82) is 0 Å². The average Bonchev–Trinajstić information content (AvgIpc) is 2.74. The normalized spacial score (nSPS) is 10.6. The number of nitrogen functional groups attached to an aromatic ring is 1. The number of aryl methyl sites for hydroxylation is 2. The highest BCUT2D eigenvalue weighted by Crippen LogP contribution is 2.35. The minimum absolute atomic E-state index is 0.319. The van der Waals surface area contributed by atoms with E-state index in [1.807, 2.05) is 67.3 Å². The van der Waals surface area contributed by atoms with Crippen LogP contribution in [0.2, 0.25) is 0 Å². The molecule has 0 spiro atoms. The largest absolute Gasteiger partial charge is 0.437 e. The molecule has 0 aliphatic heterocycles. The molecule has 2 heterocycles. The van der Waals surface area contributed by atoms with Gasteiger partial charge in [-0.05, 0) is 54.8 Å². The molecule has 6 heteroatoms.